The maximum absolute atomic E-state index is 12.7. The van der Waals surface area contributed by atoms with Crippen molar-refractivity contribution in [2.75, 3.05) is 17.2 Å². The predicted molar refractivity (Wildman–Crippen MR) is 107 cm³/mol. The Hall–Kier alpha value is -2.66. The molecule has 1 aliphatic rings. The van der Waals surface area contributed by atoms with Crippen molar-refractivity contribution in [1.82, 2.24) is 0 Å². The molecule has 1 fully saturated rings. The zero-order chi connectivity index (χ0) is 19.1. The molecule has 5 heteroatoms. The molecule has 2 aromatic carbocycles. The predicted octanol–water partition coefficient (Wildman–Crippen LogP) is 3.99. The van der Waals surface area contributed by atoms with Crippen molar-refractivity contribution in [2.45, 2.75) is 38.5 Å². The molecule has 5 nitrogen and oxygen atoms in total. The van der Waals surface area contributed by atoms with Gasteiger partial charge in [0, 0.05) is 18.2 Å². The number of aliphatic hydroxyl groups excluding tert-OH is 1. The molecule has 0 spiro atoms. The highest BCUT2D eigenvalue weighted by molar-refractivity contribution is 6.10. The Morgan fingerprint density at radius 2 is 1.63 bits per heavy atom. The molecule has 1 saturated carbocycles. The maximum atomic E-state index is 12.7. The van der Waals surface area contributed by atoms with Crippen molar-refractivity contribution in [2.24, 2.45) is 5.92 Å². The van der Waals surface area contributed by atoms with Crippen LogP contribution in [0.5, 0.6) is 0 Å². The van der Waals surface area contributed by atoms with Gasteiger partial charge in [-0.3, -0.25) is 9.59 Å². The van der Waals surface area contributed by atoms with Gasteiger partial charge in [0.05, 0.1) is 11.3 Å². The van der Waals surface area contributed by atoms with E-state index in [1.165, 1.54) is 6.42 Å². The Morgan fingerprint density at radius 1 is 0.926 bits per heavy atom. The Kier molecular flexibility index (Phi) is 6.60. The van der Waals surface area contributed by atoms with Gasteiger partial charge in [0.2, 0.25) is 5.91 Å². The van der Waals surface area contributed by atoms with E-state index in [9.17, 15) is 9.59 Å². The third kappa shape index (κ3) is 5.17. The van der Waals surface area contributed by atoms with Crippen LogP contribution in [0, 0.1) is 5.92 Å². The second-order valence-corrected chi connectivity index (χ2v) is 6.99. The Balaban J connectivity index is 1.68. The maximum Gasteiger partial charge on any atom is 0.257 e. The van der Waals surface area contributed by atoms with Crippen molar-refractivity contribution in [3.05, 3.63) is 59.7 Å². The van der Waals surface area contributed by atoms with Gasteiger partial charge in [-0.25, -0.2) is 0 Å². The average molecular weight is 366 g/mol. The second-order valence-electron chi connectivity index (χ2n) is 6.99. The largest absolute Gasteiger partial charge is 0.396 e. The van der Waals surface area contributed by atoms with Gasteiger partial charge >= 0.3 is 0 Å². The van der Waals surface area contributed by atoms with Crippen LogP contribution in [0.25, 0.3) is 0 Å². The van der Waals surface area contributed by atoms with Gasteiger partial charge in [-0.1, -0.05) is 43.5 Å². The number of aliphatic hydroxyl groups is 1. The summed E-state index contributed by atoms with van der Waals surface area (Å²) in [4.78, 5) is 25.2. The first kappa shape index (κ1) is 19.1. The van der Waals surface area contributed by atoms with Crippen molar-refractivity contribution in [3.8, 4) is 0 Å². The second kappa shape index (κ2) is 9.33. The van der Waals surface area contributed by atoms with Crippen molar-refractivity contribution in [3.63, 3.8) is 0 Å². The molecule has 142 valence electrons. The standard InChI is InChI=1S/C22H26N2O3/c25-15-14-16-10-12-18(13-11-16)23-22(27)19-8-4-5-9-20(19)24-21(26)17-6-2-1-3-7-17/h4-5,8-13,17,25H,1-3,6-7,14-15H2,(H,23,27)(H,24,26). The number of anilines is 2. The van der Waals surface area contributed by atoms with Gasteiger partial charge in [0.1, 0.15) is 0 Å². The molecule has 0 unspecified atom stereocenters. The first-order valence-corrected chi connectivity index (χ1v) is 9.58. The number of hydrogen-bond donors (Lipinski definition) is 3. The molecular formula is C22H26N2O3. The summed E-state index contributed by atoms with van der Waals surface area (Å²) in [6, 6.07) is 14.5. The first-order valence-electron chi connectivity index (χ1n) is 9.58. The quantitative estimate of drug-likeness (QED) is 0.723. The van der Waals surface area contributed by atoms with E-state index in [1.54, 1.807) is 18.2 Å². The summed E-state index contributed by atoms with van der Waals surface area (Å²) in [5, 5.41) is 14.8. The number of carbonyl (C=O) groups is 2. The van der Waals surface area contributed by atoms with E-state index < -0.39 is 0 Å². The molecule has 0 heterocycles. The lowest BCUT2D eigenvalue weighted by Crippen LogP contribution is -2.26. The Bertz CT molecular complexity index is 780. The molecule has 2 aromatic rings. The molecular weight excluding hydrogens is 340 g/mol. The lowest BCUT2D eigenvalue weighted by molar-refractivity contribution is -0.120. The minimum absolute atomic E-state index is 0.00306. The Morgan fingerprint density at radius 3 is 2.33 bits per heavy atom. The molecule has 0 aliphatic heterocycles. The van der Waals surface area contributed by atoms with E-state index in [0.717, 1.165) is 31.2 Å². The van der Waals surface area contributed by atoms with Crippen LogP contribution in [0.1, 0.15) is 48.0 Å². The number of rotatable bonds is 6. The van der Waals surface area contributed by atoms with Crippen LogP contribution in [-0.2, 0) is 11.2 Å². The van der Waals surface area contributed by atoms with Crippen LogP contribution in [0.15, 0.2) is 48.5 Å². The van der Waals surface area contributed by atoms with Crippen LogP contribution < -0.4 is 10.6 Å². The fourth-order valence-electron chi connectivity index (χ4n) is 3.47. The lowest BCUT2D eigenvalue weighted by Gasteiger charge is -2.21. The van der Waals surface area contributed by atoms with Gasteiger partial charge in [-0.2, -0.15) is 0 Å². The normalized spacial score (nSPS) is 14.6. The molecule has 3 N–H and O–H groups in total. The fraction of sp³-hybridized carbons (Fsp3) is 0.364. The number of benzene rings is 2. The van der Waals surface area contributed by atoms with Crippen molar-refractivity contribution >= 4 is 23.2 Å². The van der Waals surface area contributed by atoms with Crippen LogP contribution >= 0.6 is 0 Å². The number of hydrogen-bond acceptors (Lipinski definition) is 3. The summed E-state index contributed by atoms with van der Waals surface area (Å²) in [6.45, 7) is 0.0970. The average Bonchev–Trinajstić information content (AvgIpc) is 2.70. The molecule has 3 rings (SSSR count). The van der Waals surface area contributed by atoms with E-state index in [1.807, 2.05) is 30.3 Å². The molecule has 1 aliphatic carbocycles. The summed E-state index contributed by atoms with van der Waals surface area (Å²) in [6.07, 6.45) is 5.80. The van der Waals surface area contributed by atoms with Gasteiger partial charge in [0.25, 0.3) is 5.91 Å². The number of para-hydroxylation sites is 1. The van der Waals surface area contributed by atoms with E-state index in [4.69, 9.17) is 5.11 Å². The molecule has 0 aromatic heterocycles. The molecule has 2 amide bonds. The number of nitrogens with one attached hydrogen (secondary N) is 2. The monoisotopic (exact) mass is 366 g/mol. The van der Waals surface area contributed by atoms with Gasteiger partial charge in [0.15, 0.2) is 0 Å². The summed E-state index contributed by atoms with van der Waals surface area (Å²) >= 11 is 0. The SMILES string of the molecule is O=C(Nc1ccc(CCO)cc1)c1ccccc1NC(=O)C1CCCCC1. The number of amides is 2. The molecule has 0 saturated heterocycles. The number of carbonyl (C=O) groups excluding carboxylic acids is 2. The highest BCUT2D eigenvalue weighted by Crippen LogP contribution is 2.26. The summed E-state index contributed by atoms with van der Waals surface area (Å²) in [5.41, 5.74) is 2.68. The summed E-state index contributed by atoms with van der Waals surface area (Å²) in [7, 11) is 0. The first-order chi connectivity index (χ1) is 13.2. The highest BCUT2D eigenvalue weighted by atomic mass is 16.3. The van der Waals surface area contributed by atoms with Crippen molar-refractivity contribution < 1.29 is 14.7 Å². The highest BCUT2D eigenvalue weighted by Gasteiger charge is 2.22. The third-order valence-electron chi connectivity index (χ3n) is 5.02. The third-order valence-corrected chi connectivity index (χ3v) is 5.02. The summed E-state index contributed by atoms with van der Waals surface area (Å²) < 4.78 is 0. The van der Waals surface area contributed by atoms with Crippen LogP contribution in [0.4, 0.5) is 11.4 Å². The topological polar surface area (TPSA) is 78.4 Å². The van der Waals surface area contributed by atoms with E-state index in [0.29, 0.717) is 23.4 Å². The van der Waals surface area contributed by atoms with Crippen LogP contribution in [0.2, 0.25) is 0 Å². The van der Waals surface area contributed by atoms with Gasteiger partial charge < -0.3 is 15.7 Å². The minimum atomic E-state index is -0.260. The van der Waals surface area contributed by atoms with Crippen LogP contribution in [-0.4, -0.2) is 23.5 Å². The smallest absolute Gasteiger partial charge is 0.257 e. The van der Waals surface area contributed by atoms with E-state index in [2.05, 4.69) is 10.6 Å². The molecule has 0 bridgehead atoms. The fourth-order valence-corrected chi connectivity index (χ4v) is 3.47. The minimum Gasteiger partial charge on any atom is -0.396 e. The zero-order valence-electron chi connectivity index (χ0n) is 15.4. The van der Waals surface area contributed by atoms with Gasteiger partial charge in [-0.15, -0.1) is 0 Å². The van der Waals surface area contributed by atoms with Crippen LogP contribution in [0.3, 0.4) is 0 Å². The summed E-state index contributed by atoms with van der Waals surface area (Å²) in [5.74, 6) is -0.221. The zero-order valence-corrected chi connectivity index (χ0v) is 15.4. The molecule has 0 atom stereocenters. The Labute approximate surface area is 159 Å². The van der Waals surface area contributed by atoms with Crippen molar-refractivity contribution in [1.29, 1.82) is 0 Å². The van der Waals surface area contributed by atoms with E-state index >= 15 is 0 Å². The lowest BCUT2D eigenvalue weighted by atomic mass is 9.88. The molecule has 0 radical (unpaired) electrons. The van der Waals surface area contributed by atoms with E-state index in [-0.39, 0.29) is 24.3 Å². The van der Waals surface area contributed by atoms with Gasteiger partial charge in [-0.05, 0) is 49.1 Å². The molecule has 27 heavy (non-hydrogen) atoms.